The van der Waals surface area contributed by atoms with E-state index in [0.717, 1.165) is 23.5 Å². The number of nitrogens with zero attached hydrogens (tertiary/aromatic N) is 1. The Labute approximate surface area is 83.0 Å². The molecule has 0 aliphatic rings. The molecule has 0 radical (unpaired) electrons. The molecule has 1 rings (SSSR count). The maximum atomic E-state index is 11.2. The van der Waals surface area contributed by atoms with Crippen LogP contribution < -0.4 is 0 Å². The van der Waals surface area contributed by atoms with E-state index in [1.807, 2.05) is 12.3 Å². The maximum absolute atomic E-state index is 11.2. The van der Waals surface area contributed by atoms with Gasteiger partial charge in [-0.05, 0) is 19.8 Å². The summed E-state index contributed by atoms with van der Waals surface area (Å²) >= 11 is 1.60. The van der Waals surface area contributed by atoms with Crippen LogP contribution in [0.4, 0.5) is 0 Å². The van der Waals surface area contributed by atoms with Gasteiger partial charge in [-0.25, -0.2) is 4.98 Å². The molecule has 0 aliphatic heterocycles. The highest BCUT2D eigenvalue weighted by Crippen LogP contribution is 2.24. The molecule has 72 valence electrons. The molecule has 1 atom stereocenters. The van der Waals surface area contributed by atoms with Gasteiger partial charge in [-0.15, -0.1) is 11.3 Å². The first-order valence-electron chi connectivity index (χ1n) is 4.63. The quantitative estimate of drug-likeness (QED) is 0.743. The summed E-state index contributed by atoms with van der Waals surface area (Å²) in [5.74, 6) is 0.241. The lowest BCUT2D eigenvalue weighted by atomic mass is 10.0. The molecule has 1 aromatic heterocycles. The maximum Gasteiger partial charge on any atom is 0.139 e. The van der Waals surface area contributed by atoms with Gasteiger partial charge in [0, 0.05) is 5.38 Å². The standard InChI is InChI=1S/C10H15NOS/c1-4-8-6-13-10(11-8)9(5-2)7(3)12/h6,9H,4-5H2,1-3H3. The predicted octanol–water partition coefficient (Wildman–Crippen LogP) is 2.79. The van der Waals surface area contributed by atoms with E-state index in [0.29, 0.717) is 0 Å². The molecule has 1 aromatic rings. The van der Waals surface area contributed by atoms with E-state index in [1.54, 1.807) is 18.3 Å². The van der Waals surface area contributed by atoms with E-state index in [2.05, 4.69) is 11.9 Å². The average Bonchev–Trinajstić information content (AvgIpc) is 2.53. The van der Waals surface area contributed by atoms with Crippen molar-refractivity contribution in [2.45, 2.75) is 39.5 Å². The first-order chi connectivity index (χ1) is 6.19. The van der Waals surface area contributed by atoms with Crippen molar-refractivity contribution in [3.05, 3.63) is 16.1 Å². The van der Waals surface area contributed by atoms with Crippen LogP contribution >= 0.6 is 11.3 Å². The van der Waals surface area contributed by atoms with Crippen molar-refractivity contribution >= 4 is 17.1 Å². The van der Waals surface area contributed by atoms with Crippen molar-refractivity contribution in [2.24, 2.45) is 0 Å². The van der Waals surface area contributed by atoms with Gasteiger partial charge in [0.25, 0.3) is 0 Å². The fourth-order valence-corrected chi connectivity index (χ4v) is 2.42. The molecule has 0 N–H and O–H groups in total. The van der Waals surface area contributed by atoms with Crippen LogP contribution in [0.15, 0.2) is 5.38 Å². The molecule has 0 saturated heterocycles. The molecule has 1 unspecified atom stereocenters. The number of carbonyl (C=O) groups is 1. The molecule has 2 nitrogen and oxygen atoms in total. The predicted molar refractivity (Wildman–Crippen MR) is 55.2 cm³/mol. The highest BCUT2D eigenvalue weighted by Gasteiger charge is 2.17. The van der Waals surface area contributed by atoms with Crippen LogP contribution in [0.1, 0.15) is 43.8 Å². The molecular formula is C10H15NOS. The second-order valence-electron chi connectivity index (χ2n) is 3.10. The van der Waals surface area contributed by atoms with Crippen LogP contribution in [-0.4, -0.2) is 10.8 Å². The third kappa shape index (κ3) is 2.37. The highest BCUT2D eigenvalue weighted by atomic mass is 32.1. The van der Waals surface area contributed by atoms with Gasteiger partial charge in [-0.1, -0.05) is 13.8 Å². The Morgan fingerprint density at radius 1 is 1.62 bits per heavy atom. The number of rotatable bonds is 4. The van der Waals surface area contributed by atoms with Crippen molar-refractivity contribution in [2.75, 3.05) is 0 Å². The third-order valence-electron chi connectivity index (χ3n) is 2.13. The van der Waals surface area contributed by atoms with Gasteiger partial charge in [0.1, 0.15) is 10.8 Å². The highest BCUT2D eigenvalue weighted by molar-refractivity contribution is 7.09. The number of aryl methyl sites for hydroxylation is 1. The minimum Gasteiger partial charge on any atom is -0.299 e. The minimum absolute atomic E-state index is 0.0188. The van der Waals surface area contributed by atoms with Crippen molar-refractivity contribution in [3.63, 3.8) is 0 Å². The normalized spacial score (nSPS) is 12.8. The number of carbonyl (C=O) groups excluding carboxylic acids is 1. The number of hydrogen-bond donors (Lipinski definition) is 0. The summed E-state index contributed by atoms with van der Waals surface area (Å²) in [6, 6.07) is 0. The number of aromatic nitrogens is 1. The molecule has 3 heteroatoms. The Kier molecular flexibility index (Phi) is 3.60. The van der Waals surface area contributed by atoms with Gasteiger partial charge >= 0.3 is 0 Å². The van der Waals surface area contributed by atoms with E-state index < -0.39 is 0 Å². The third-order valence-corrected chi connectivity index (χ3v) is 3.14. The fourth-order valence-electron chi connectivity index (χ4n) is 1.28. The average molecular weight is 197 g/mol. The topological polar surface area (TPSA) is 30.0 Å². The molecule has 0 aromatic carbocycles. The van der Waals surface area contributed by atoms with Crippen LogP contribution in [0.2, 0.25) is 0 Å². The zero-order chi connectivity index (χ0) is 9.84. The summed E-state index contributed by atoms with van der Waals surface area (Å²) in [4.78, 5) is 15.7. The van der Waals surface area contributed by atoms with Crippen LogP contribution in [0, 0.1) is 0 Å². The van der Waals surface area contributed by atoms with Crippen LogP contribution in [-0.2, 0) is 11.2 Å². The van der Waals surface area contributed by atoms with Gasteiger partial charge < -0.3 is 0 Å². The Balaban J connectivity index is 2.85. The fraction of sp³-hybridized carbons (Fsp3) is 0.600. The largest absolute Gasteiger partial charge is 0.299 e. The van der Waals surface area contributed by atoms with Crippen molar-refractivity contribution < 1.29 is 4.79 Å². The van der Waals surface area contributed by atoms with E-state index >= 15 is 0 Å². The second kappa shape index (κ2) is 4.51. The van der Waals surface area contributed by atoms with Gasteiger partial charge in [0.15, 0.2) is 0 Å². The zero-order valence-electron chi connectivity index (χ0n) is 8.33. The Bertz CT molecular complexity index is 293. The summed E-state index contributed by atoms with van der Waals surface area (Å²) in [5, 5.41) is 3.02. The first-order valence-corrected chi connectivity index (χ1v) is 5.51. The lowest BCUT2D eigenvalue weighted by molar-refractivity contribution is -0.118. The van der Waals surface area contributed by atoms with E-state index in [-0.39, 0.29) is 11.7 Å². The summed E-state index contributed by atoms with van der Waals surface area (Å²) in [6.45, 7) is 5.74. The van der Waals surface area contributed by atoms with Crippen molar-refractivity contribution in [3.8, 4) is 0 Å². The molecule has 0 spiro atoms. The first kappa shape index (κ1) is 10.4. The smallest absolute Gasteiger partial charge is 0.139 e. The Hall–Kier alpha value is -0.700. The van der Waals surface area contributed by atoms with Crippen LogP contribution in [0.25, 0.3) is 0 Å². The number of hydrogen-bond acceptors (Lipinski definition) is 3. The second-order valence-corrected chi connectivity index (χ2v) is 3.99. The van der Waals surface area contributed by atoms with Crippen LogP contribution in [0.3, 0.4) is 0 Å². The molecule has 0 fully saturated rings. The summed E-state index contributed by atoms with van der Waals surface area (Å²) in [6.07, 6.45) is 1.80. The Morgan fingerprint density at radius 3 is 2.69 bits per heavy atom. The van der Waals surface area contributed by atoms with Crippen molar-refractivity contribution in [1.82, 2.24) is 4.98 Å². The molecule has 1 heterocycles. The van der Waals surface area contributed by atoms with Crippen molar-refractivity contribution in [1.29, 1.82) is 0 Å². The van der Waals surface area contributed by atoms with Gasteiger partial charge in [0.2, 0.25) is 0 Å². The lowest BCUT2D eigenvalue weighted by Gasteiger charge is -2.05. The zero-order valence-corrected chi connectivity index (χ0v) is 9.15. The summed E-state index contributed by atoms with van der Waals surface area (Å²) in [5.41, 5.74) is 1.10. The molecular weight excluding hydrogens is 182 g/mol. The van der Waals surface area contributed by atoms with Gasteiger partial charge in [0.05, 0.1) is 11.6 Å². The molecule has 0 amide bonds. The van der Waals surface area contributed by atoms with Gasteiger partial charge in [-0.2, -0.15) is 0 Å². The number of thiazole rings is 1. The van der Waals surface area contributed by atoms with E-state index in [9.17, 15) is 4.79 Å². The molecule has 0 bridgehead atoms. The SMILES string of the molecule is CCc1csc(C(CC)C(C)=O)n1. The van der Waals surface area contributed by atoms with Crippen LogP contribution in [0.5, 0.6) is 0 Å². The number of Topliss-reactive ketones (excluding diaryl/α,β-unsaturated/α-hetero) is 1. The molecule has 0 aliphatic carbocycles. The Morgan fingerprint density at radius 2 is 2.31 bits per heavy atom. The summed E-state index contributed by atoms with van der Waals surface area (Å²) < 4.78 is 0. The lowest BCUT2D eigenvalue weighted by Crippen LogP contribution is -2.07. The minimum atomic E-state index is 0.0188. The molecule has 13 heavy (non-hydrogen) atoms. The van der Waals surface area contributed by atoms with Gasteiger partial charge in [-0.3, -0.25) is 4.79 Å². The van der Waals surface area contributed by atoms with E-state index in [1.165, 1.54) is 0 Å². The molecule has 0 saturated carbocycles. The van der Waals surface area contributed by atoms with E-state index in [4.69, 9.17) is 0 Å². The monoisotopic (exact) mass is 197 g/mol. The number of ketones is 1. The summed E-state index contributed by atoms with van der Waals surface area (Å²) in [7, 11) is 0.